The van der Waals surface area contributed by atoms with Gasteiger partial charge in [0.15, 0.2) is 0 Å². The van der Waals surface area contributed by atoms with Crippen molar-refractivity contribution in [2.75, 3.05) is 13.2 Å². The van der Waals surface area contributed by atoms with E-state index in [-0.39, 0.29) is 13.2 Å². The Kier molecular flexibility index (Phi) is 13.1. The van der Waals surface area contributed by atoms with Crippen LogP contribution in [0.15, 0.2) is 0 Å². The summed E-state index contributed by atoms with van der Waals surface area (Å²) in [5, 5.41) is 0. The quantitative estimate of drug-likeness (QED) is 0.178. The van der Waals surface area contributed by atoms with Crippen LogP contribution in [0.4, 0.5) is 0 Å². The van der Waals surface area contributed by atoms with Crippen molar-refractivity contribution in [1.29, 1.82) is 0 Å². The number of hydrogen-bond donors (Lipinski definition) is 0. The first-order valence-corrected chi connectivity index (χ1v) is 18.5. The third-order valence-corrected chi connectivity index (χ3v) is 14.0. The molecule has 30 heavy (non-hydrogen) atoms. The van der Waals surface area contributed by atoms with Gasteiger partial charge >= 0.3 is 7.82 Å². The van der Waals surface area contributed by atoms with E-state index in [1.807, 2.05) is 0 Å². The van der Waals surface area contributed by atoms with Crippen LogP contribution in [0.25, 0.3) is 0 Å². The number of rotatable bonds is 11. The standard InChI is InChI=1S/C23H45O4PSi2/c1-12-25-28(24,26-13-2)27-23(17-19-29(9,10)11)16-14-15-18-30(20(3)4,21(5)6)22(7)8/h20-23H,12-14,16H2,1-11H3. The zero-order chi connectivity index (χ0) is 23.6. The van der Waals surface area contributed by atoms with Crippen LogP contribution >= 0.6 is 7.82 Å². The van der Waals surface area contributed by atoms with Gasteiger partial charge in [-0.25, -0.2) is 4.57 Å². The van der Waals surface area contributed by atoms with Crippen LogP contribution in [0.2, 0.25) is 36.3 Å². The molecule has 7 heteroatoms. The van der Waals surface area contributed by atoms with Gasteiger partial charge in [-0.3, -0.25) is 13.6 Å². The van der Waals surface area contributed by atoms with Gasteiger partial charge in [0, 0.05) is 6.42 Å². The summed E-state index contributed by atoms with van der Waals surface area (Å²) in [5.74, 6) is 6.65. The van der Waals surface area contributed by atoms with Gasteiger partial charge in [-0.1, -0.05) is 67.1 Å². The highest BCUT2D eigenvalue weighted by atomic mass is 31.2. The summed E-state index contributed by atoms with van der Waals surface area (Å²) in [6.45, 7) is 24.5. The SMILES string of the molecule is CCOP(=O)(OCC)OC(C#C[Si](C)(C)C)CCC#C[Si](C(C)C)(C(C)C)C(C)C. The molecule has 0 N–H and O–H groups in total. The fourth-order valence-electron chi connectivity index (χ4n) is 3.87. The maximum Gasteiger partial charge on any atom is 0.475 e. The van der Waals surface area contributed by atoms with Crippen molar-refractivity contribution in [1.82, 2.24) is 0 Å². The van der Waals surface area contributed by atoms with Gasteiger partial charge in [0.05, 0.1) is 13.2 Å². The van der Waals surface area contributed by atoms with Crippen molar-refractivity contribution >= 4 is 24.0 Å². The van der Waals surface area contributed by atoms with E-state index in [4.69, 9.17) is 13.6 Å². The summed E-state index contributed by atoms with van der Waals surface area (Å²) in [5.41, 5.74) is 8.86. The minimum atomic E-state index is -3.61. The molecule has 0 saturated heterocycles. The average Bonchev–Trinajstić information content (AvgIpc) is 2.58. The minimum absolute atomic E-state index is 0.260. The van der Waals surface area contributed by atoms with E-state index < -0.39 is 30.1 Å². The predicted molar refractivity (Wildman–Crippen MR) is 135 cm³/mol. The van der Waals surface area contributed by atoms with E-state index in [0.717, 1.165) is 0 Å². The van der Waals surface area contributed by atoms with Crippen LogP contribution in [-0.4, -0.2) is 35.5 Å². The predicted octanol–water partition coefficient (Wildman–Crippen LogP) is 7.44. The van der Waals surface area contributed by atoms with Crippen molar-refractivity contribution in [2.24, 2.45) is 0 Å². The first kappa shape index (κ1) is 29.7. The Hall–Kier alpha value is -0.336. The molecule has 0 rings (SSSR count). The van der Waals surface area contributed by atoms with E-state index in [2.05, 4.69) is 84.1 Å². The van der Waals surface area contributed by atoms with E-state index in [9.17, 15) is 4.57 Å². The van der Waals surface area contributed by atoms with E-state index in [0.29, 0.717) is 29.5 Å². The van der Waals surface area contributed by atoms with Crippen molar-refractivity contribution in [3.05, 3.63) is 0 Å². The normalized spacial score (nSPS) is 13.8. The molecule has 0 aromatic carbocycles. The summed E-state index contributed by atoms with van der Waals surface area (Å²) in [4.78, 5) is 0. The highest BCUT2D eigenvalue weighted by molar-refractivity contribution is 7.48. The lowest BCUT2D eigenvalue weighted by Gasteiger charge is -2.38. The van der Waals surface area contributed by atoms with Crippen molar-refractivity contribution < 1.29 is 18.1 Å². The van der Waals surface area contributed by atoms with Gasteiger partial charge in [-0.2, -0.15) is 0 Å². The summed E-state index contributed by atoms with van der Waals surface area (Å²) in [6, 6.07) is 0. The second-order valence-electron chi connectivity index (χ2n) is 9.63. The molecule has 0 amide bonds. The average molecular weight is 473 g/mol. The topological polar surface area (TPSA) is 44.8 Å². The van der Waals surface area contributed by atoms with Crippen molar-refractivity contribution in [3.8, 4) is 22.9 Å². The van der Waals surface area contributed by atoms with Gasteiger partial charge < -0.3 is 0 Å². The van der Waals surface area contributed by atoms with Crippen LogP contribution < -0.4 is 0 Å². The lowest BCUT2D eigenvalue weighted by molar-refractivity contribution is 0.101. The Morgan fingerprint density at radius 1 is 0.833 bits per heavy atom. The molecule has 0 aromatic heterocycles. The van der Waals surface area contributed by atoms with Crippen LogP contribution in [0.5, 0.6) is 0 Å². The molecule has 1 atom stereocenters. The third kappa shape index (κ3) is 9.86. The lowest BCUT2D eigenvalue weighted by Crippen LogP contribution is -2.43. The molecule has 0 aliphatic heterocycles. The molecule has 1 unspecified atom stereocenters. The van der Waals surface area contributed by atoms with Crippen LogP contribution in [0.3, 0.4) is 0 Å². The van der Waals surface area contributed by atoms with E-state index in [1.165, 1.54) is 0 Å². The Balaban J connectivity index is 5.63. The van der Waals surface area contributed by atoms with Crippen molar-refractivity contribution in [2.45, 2.75) is 111 Å². The first-order valence-electron chi connectivity index (χ1n) is 11.3. The maximum atomic E-state index is 12.9. The van der Waals surface area contributed by atoms with Gasteiger partial charge in [0.25, 0.3) is 0 Å². The fraction of sp³-hybridized carbons (Fsp3) is 0.826. The summed E-state index contributed by atoms with van der Waals surface area (Å²) >= 11 is 0. The third-order valence-electron chi connectivity index (χ3n) is 5.14. The molecule has 0 aliphatic rings. The number of phosphoric acid groups is 1. The molecule has 4 nitrogen and oxygen atoms in total. The second-order valence-corrected chi connectivity index (χ2v) is 21.6. The molecule has 0 fully saturated rings. The van der Waals surface area contributed by atoms with Gasteiger partial charge in [-0.05, 0) is 36.9 Å². The molecule has 0 spiro atoms. The zero-order valence-electron chi connectivity index (χ0n) is 21.2. The van der Waals surface area contributed by atoms with Crippen LogP contribution in [-0.2, 0) is 18.1 Å². The Bertz CT molecular complexity index is 644. The Labute approximate surface area is 188 Å². The molecule has 0 bridgehead atoms. The Morgan fingerprint density at radius 2 is 1.30 bits per heavy atom. The number of phosphoric ester groups is 1. The van der Waals surface area contributed by atoms with E-state index >= 15 is 0 Å². The van der Waals surface area contributed by atoms with Crippen LogP contribution in [0, 0.1) is 22.9 Å². The highest BCUT2D eigenvalue weighted by Crippen LogP contribution is 2.50. The molecule has 0 aromatic rings. The fourth-order valence-corrected chi connectivity index (χ4v) is 11.1. The maximum absolute atomic E-state index is 12.9. The van der Waals surface area contributed by atoms with Gasteiger partial charge in [0.2, 0.25) is 0 Å². The summed E-state index contributed by atoms with van der Waals surface area (Å²) in [6.07, 6.45) is 0.737. The molecule has 0 saturated carbocycles. The monoisotopic (exact) mass is 472 g/mol. The molecule has 0 aliphatic carbocycles. The molecule has 174 valence electrons. The van der Waals surface area contributed by atoms with Crippen molar-refractivity contribution in [3.63, 3.8) is 0 Å². The first-order chi connectivity index (χ1) is 13.7. The molecule has 0 radical (unpaired) electrons. The van der Waals surface area contributed by atoms with E-state index in [1.54, 1.807) is 13.8 Å². The molecule has 0 heterocycles. The lowest BCUT2D eigenvalue weighted by atomic mass is 10.2. The second kappa shape index (κ2) is 13.3. The Morgan fingerprint density at radius 3 is 1.67 bits per heavy atom. The largest absolute Gasteiger partial charge is 0.475 e. The summed E-state index contributed by atoms with van der Waals surface area (Å²) < 4.78 is 29.3. The van der Waals surface area contributed by atoms with Crippen LogP contribution in [0.1, 0.15) is 68.2 Å². The smallest absolute Gasteiger partial charge is 0.287 e. The summed E-state index contributed by atoms with van der Waals surface area (Å²) in [7, 11) is -6.96. The zero-order valence-corrected chi connectivity index (χ0v) is 24.1. The molecular weight excluding hydrogens is 427 g/mol. The molecular formula is C23H45O4PSi2. The van der Waals surface area contributed by atoms with Gasteiger partial charge in [0.1, 0.15) is 22.3 Å². The number of hydrogen-bond acceptors (Lipinski definition) is 4. The minimum Gasteiger partial charge on any atom is -0.287 e. The van der Waals surface area contributed by atoms with Gasteiger partial charge in [-0.15, -0.1) is 17.0 Å². The highest BCUT2D eigenvalue weighted by Gasteiger charge is 2.41.